The Morgan fingerprint density at radius 3 is 2.21 bits per heavy atom. The van der Waals surface area contributed by atoms with Crippen molar-refractivity contribution in [2.45, 2.75) is 84.6 Å². The van der Waals surface area contributed by atoms with Gasteiger partial charge >= 0.3 is 0 Å². The zero-order chi connectivity index (χ0) is 20.6. The number of hydrogen-bond acceptors (Lipinski definition) is 4. The van der Waals surface area contributed by atoms with E-state index in [4.69, 9.17) is 0 Å². The fourth-order valence-electron chi connectivity index (χ4n) is 6.52. The third-order valence-corrected chi connectivity index (χ3v) is 9.11. The normalized spacial score (nSPS) is 34.2. The lowest BCUT2D eigenvalue weighted by Gasteiger charge is -2.47. The SMILES string of the molecule is CC1(C)[C@@H]2CC[C@@]1(C)C(=O)N(CCCCN1CCN(C3CCCCC3)CC1)C2=O. The first-order chi connectivity index (χ1) is 13.8. The number of nitrogens with zero attached hydrogens (tertiary/aromatic N) is 3. The van der Waals surface area contributed by atoms with Crippen molar-refractivity contribution < 1.29 is 9.59 Å². The summed E-state index contributed by atoms with van der Waals surface area (Å²) in [6.45, 7) is 12.8. The van der Waals surface area contributed by atoms with E-state index in [2.05, 4.69) is 30.6 Å². The molecule has 2 amide bonds. The molecule has 4 fully saturated rings. The highest BCUT2D eigenvalue weighted by atomic mass is 16.2. The van der Waals surface area contributed by atoms with E-state index in [-0.39, 0.29) is 28.6 Å². The fourth-order valence-corrected chi connectivity index (χ4v) is 6.52. The summed E-state index contributed by atoms with van der Waals surface area (Å²) < 4.78 is 0. The van der Waals surface area contributed by atoms with Gasteiger partial charge in [0, 0.05) is 44.7 Å². The maximum absolute atomic E-state index is 13.1. The van der Waals surface area contributed by atoms with Crippen LogP contribution < -0.4 is 0 Å². The molecule has 0 aromatic rings. The number of amides is 2. The van der Waals surface area contributed by atoms with Crippen molar-refractivity contribution in [2.24, 2.45) is 16.7 Å². The number of hydrogen-bond donors (Lipinski definition) is 0. The minimum absolute atomic E-state index is 0.0260. The molecule has 0 aromatic heterocycles. The summed E-state index contributed by atoms with van der Waals surface area (Å²) in [6.07, 6.45) is 10.8. The molecule has 0 aromatic carbocycles. The Hall–Kier alpha value is -0.940. The van der Waals surface area contributed by atoms with Crippen LogP contribution in [0.15, 0.2) is 0 Å². The van der Waals surface area contributed by atoms with E-state index < -0.39 is 0 Å². The molecule has 4 aliphatic rings. The predicted molar refractivity (Wildman–Crippen MR) is 115 cm³/mol. The lowest BCUT2D eigenvalue weighted by Crippen LogP contribution is -2.59. The molecule has 0 N–H and O–H groups in total. The third kappa shape index (κ3) is 3.78. The summed E-state index contributed by atoms with van der Waals surface area (Å²) in [5.41, 5.74) is -0.559. The Kier molecular flexibility index (Phi) is 6.09. The minimum Gasteiger partial charge on any atom is -0.301 e. The van der Waals surface area contributed by atoms with Gasteiger partial charge in [-0.25, -0.2) is 0 Å². The Balaban J connectivity index is 1.20. The summed E-state index contributed by atoms with van der Waals surface area (Å²) in [5.74, 6) is 0.205. The second-order valence-corrected chi connectivity index (χ2v) is 10.8. The average molecular weight is 404 g/mol. The molecule has 2 aliphatic heterocycles. The molecule has 5 heteroatoms. The summed E-state index contributed by atoms with van der Waals surface area (Å²) in [7, 11) is 0. The van der Waals surface area contributed by atoms with Gasteiger partial charge in [0.25, 0.3) is 0 Å². The van der Waals surface area contributed by atoms with Gasteiger partial charge in [-0.2, -0.15) is 0 Å². The highest BCUT2D eigenvalue weighted by Gasteiger charge is 2.64. The molecule has 2 saturated carbocycles. The number of likely N-dealkylation sites (tertiary alicyclic amines) is 1. The summed E-state index contributed by atoms with van der Waals surface area (Å²) in [4.78, 5) is 32.9. The zero-order valence-electron chi connectivity index (χ0n) is 18.9. The van der Waals surface area contributed by atoms with Crippen LogP contribution in [0.2, 0.25) is 0 Å². The van der Waals surface area contributed by atoms with Gasteiger partial charge < -0.3 is 4.90 Å². The van der Waals surface area contributed by atoms with E-state index >= 15 is 0 Å². The van der Waals surface area contributed by atoms with Gasteiger partial charge in [-0.3, -0.25) is 19.4 Å². The van der Waals surface area contributed by atoms with Gasteiger partial charge in [0.15, 0.2) is 0 Å². The average Bonchev–Trinajstić information content (AvgIpc) is 2.92. The molecule has 0 spiro atoms. The van der Waals surface area contributed by atoms with Crippen LogP contribution in [0.4, 0.5) is 0 Å². The van der Waals surface area contributed by atoms with Gasteiger partial charge in [0.2, 0.25) is 11.8 Å². The maximum Gasteiger partial charge on any atom is 0.235 e. The van der Waals surface area contributed by atoms with E-state index in [1.807, 2.05) is 0 Å². The summed E-state index contributed by atoms with van der Waals surface area (Å²) >= 11 is 0. The lowest BCUT2D eigenvalue weighted by atomic mass is 9.62. The van der Waals surface area contributed by atoms with Crippen molar-refractivity contribution in [3.8, 4) is 0 Å². The van der Waals surface area contributed by atoms with Crippen molar-refractivity contribution in [3.63, 3.8) is 0 Å². The van der Waals surface area contributed by atoms with Gasteiger partial charge in [-0.1, -0.05) is 40.0 Å². The molecule has 2 aliphatic carbocycles. The monoisotopic (exact) mass is 403 g/mol. The van der Waals surface area contributed by atoms with Crippen molar-refractivity contribution in [3.05, 3.63) is 0 Å². The lowest BCUT2D eigenvalue weighted by molar-refractivity contribution is -0.167. The summed E-state index contributed by atoms with van der Waals surface area (Å²) in [5, 5.41) is 0. The molecule has 164 valence electrons. The van der Waals surface area contributed by atoms with Crippen LogP contribution in [0.25, 0.3) is 0 Å². The zero-order valence-corrected chi connectivity index (χ0v) is 18.9. The topological polar surface area (TPSA) is 43.9 Å². The number of unbranched alkanes of at least 4 members (excludes halogenated alkanes) is 1. The number of fused-ring (bicyclic) bond motifs is 2. The highest BCUT2D eigenvalue weighted by molar-refractivity contribution is 6.03. The van der Waals surface area contributed by atoms with E-state index in [1.165, 1.54) is 58.3 Å². The number of imide groups is 1. The molecule has 0 radical (unpaired) electrons. The van der Waals surface area contributed by atoms with Gasteiger partial charge in [0.05, 0.1) is 5.41 Å². The largest absolute Gasteiger partial charge is 0.301 e. The van der Waals surface area contributed by atoms with Crippen LogP contribution in [0, 0.1) is 16.7 Å². The molecule has 5 nitrogen and oxygen atoms in total. The standard InChI is InChI=1S/C24H41N3O2/c1-23(2)20-11-12-24(23,3)22(29)27(21(20)28)14-8-7-13-25-15-17-26(18-16-25)19-9-5-4-6-10-19/h19-20H,4-18H2,1-3H3/t20-,24+/m1/s1. The second-order valence-electron chi connectivity index (χ2n) is 10.8. The first-order valence-electron chi connectivity index (χ1n) is 12.2. The van der Waals surface area contributed by atoms with E-state index in [0.29, 0.717) is 6.54 Å². The first kappa shape index (κ1) is 21.3. The van der Waals surface area contributed by atoms with Crippen molar-refractivity contribution in [2.75, 3.05) is 39.3 Å². The maximum atomic E-state index is 13.1. The van der Waals surface area contributed by atoms with Crippen molar-refractivity contribution in [1.82, 2.24) is 14.7 Å². The minimum atomic E-state index is -0.360. The Morgan fingerprint density at radius 1 is 0.862 bits per heavy atom. The Labute approximate surface area is 177 Å². The first-order valence-corrected chi connectivity index (χ1v) is 12.2. The van der Waals surface area contributed by atoms with Crippen LogP contribution >= 0.6 is 0 Å². The van der Waals surface area contributed by atoms with E-state index in [0.717, 1.165) is 38.3 Å². The van der Waals surface area contributed by atoms with Crippen LogP contribution in [0.5, 0.6) is 0 Å². The van der Waals surface area contributed by atoms with Crippen LogP contribution in [-0.4, -0.2) is 71.8 Å². The number of piperazine rings is 1. The molecular formula is C24H41N3O2. The summed E-state index contributed by atoms with van der Waals surface area (Å²) in [6, 6.07) is 0.836. The van der Waals surface area contributed by atoms with Gasteiger partial charge in [-0.15, -0.1) is 0 Å². The molecule has 2 saturated heterocycles. The van der Waals surface area contributed by atoms with Crippen LogP contribution in [-0.2, 0) is 9.59 Å². The molecule has 2 atom stereocenters. The Bertz CT molecular complexity index is 620. The smallest absolute Gasteiger partial charge is 0.235 e. The number of carbonyl (C=O) groups is 2. The Morgan fingerprint density at radius 2 is 1.52 bits per heavy atom. The van der Waals surface area contributed by atoms with Crippen molar-refractivity contribution >= 4 is 11.8 Å². The number of carbonyl (C=O) groups excluding carboxylic acids is 2. The molecule has 29 heavy (non-hydrogen) atoms. The predicted octanol–water partition coefficient (Wildman–Crippen LogP) is 3.53. The molecular weight excluding hydrogens is 362 g/mol. The molecule has 2 bridgehead atoms. The molecule has 2 heterocycles. The molecule has 4 rings (SSSR count). The quantitative estimate of drug-likeness (QED) is 0.503. The highest BCUT2D eigenvalue weighted by Crippen LogP contribution is 2.60. The molecule has 0 unspecified atom stereocenters. The number of piperidine rings is 1. The van der Waals surface area contributed by atoms with E-state index in [9.17, 15) is 9.59 Å². The van der Waals surface area contributed by atoms with E-state index in [1.54, 1.807) is 4.90 Å². The van der Waals surface area contributed by atoms with Crippen LogP contribution in [0.3, 0.4) is 0 Å². The third-order valence-electron chi connectivity index (χ3n) is 9.11. The second kappa shape index (κ2) is 8.30. The van der Waals surface area contributed by atoms with Crippen molar-refractivity contribution in [1.29, 1.82) is 0 Å². The number of rotatable bonds is 6. The fraction of sp³-hybridized carbons (Fsp3) is 0.917. The van der Waals surface area contributed by atoms with Crippen LogP contribution in [0.1, 0.15) is 78.6 Å². The van der Waals surface area contributed by atoms with Gasteiger partial charge in [-0.05, 0) is 50.5 Å². The van der Waals surface area contributed by atoms with Gasteiger partial charge in [0.1, 0.15) is 0 Å².